The van der Waals surface area contributed by atoms with Crippen molar-refractivity contribution < 1.29 is 39.2 Å². The average Bonchev–Trinajstić information content (AvgIpc) is 3.50. The predicted molar refractivity (Wildman–Crippen MR) is 121 cm³/mol. The van der Waals surface area contributed by atoms with E-state index in [2.05, 4.69) is 10.2 Å². The fourth-order valence-corrected chi connectivity index (χ4v) is 4.79. The van der Waals surface area contributed by atoms with Crippen molar-refractivity contribution in [3.8, 4) is 23.0 Å². The van der Waals surface area contributed by atoms with Gasteiger partial charge in [-0.25, -0.2) is 22.2 Å². The topological polar surface area (TPSA) is 106 Å². The van der Waals surface area contributed by atoms with Gasteiger partial charge in [-0.2, -0.15) is 41.8 Å². The van der Waals surface area contributed by atoms with Crippen molar-refractivity contribution in [2.75, 3.05) is 0 Å². The van der Waals surface area contributed by atoms with Gasteiger partial charge in [-0.05, 0) is 30.3 Å². The second-order valence-electron chi connectivity index (χ2n) is 8.13. The number of alkyl halides is 6. The number of nitrogens with one attached hydrogen (secondary N) is 1. The highest BCUT2D eigenvalue weighted by molar-refractivity contribution is 7.89. The Labute approximate surface area is 216 Å². The summed E-state index contributed by atoms with van der Waals surface area (Å²) < 4.78 is 123. The van der Waals surface area contributed by atoms with E-state index in [0.717, 1.165) is 29.9 Å². The molecule has 0 aliphatic carbocycles. The summed E-state index contributed by atoms with van der Waals surface area (Å²) in [6, 6.07) is 9.37. The molecule has 0 aliphatic heterocycles. The molecule has 0 amide bonds. The number of halogens is 7. The molecule has 0 saturated carbocycles. The van der Waals surface area contributed by atoms with Gasteiger partial charge < -0.3 is 0 Å². The number of sulfonamides is 1. The van der Waals surface area contributed by atoms with Crippen LogP contribution < -0.4 is 4.72 Å². The Bertz CT molecular complexity index is 1700. The molecular formula is C23H15F7N6O2S. The summed E-state index contributed by atoms with van der Waals surface area (Å²) in [6.07, 6.45) is -7.78. The van der Waals surface area contributed by atoms with E-state index >= 15 is 0 Å². The molecule has 0 atom stereocenters. The first-order valence-electron chi connectivity index (χ1n) is 10.7. The molecule has 0 fully saturated rings. The Morgan fingerprint density at radius 3 is 2.33 bits per heavy atom. The highest BCUT2D eigenvalue weighted by Crippen LogP contribution is 2.35. The van der Waals surface area contributed by atoms with Gasteiger partial charge in [0.15, 0.2) is 5.69 Å². The van der Waals surface area contributed by atoms with Gasteiger partial charge in [0, 0.05) is 37.1 Å². The number of aromatic nitrogens is 4. The maximum Gasteiger partial charge on any atom is 0.436 e. The maximum absolute atomic E-state index is 14.8. The molecule has 1 N–H and O–H groups in total. The van der Waals surface area contributed by atoms with Crippen LogP contribution in [0, 0.1) is 17.1 Å². The zero-order valence-electron chi connectivity index (χ0n) is 19.5. The van der Waals surface area contributed by atoms with Gasteiger partial charge in [-0.1, -0.05) is 12.1 Å². The number of hydrogen-bond donors (Lipinski definition) is 1. The van der Waals surface area contributed by atoms with Crippen molar-refractivity contribution in [1.29, 1.82) is 5.26 Å². The van der Waals surface area contributed by atoms with E-state index in [4.69, 9.17) is 5.26 Å². The Balaban J connectivity index is 1.55. The molecule has 2 aromatic carbocycles. The van der Waals surface area contributed by atoms with Crippen LogP contribution in [-0.4, -0.2) is 28.0 Å². The first kappa shape index (κ1) is 27.8. The molecule has 204 valence electrons. The summed E-state index contributed by atoms with van der Waals surface area (Å²) in [5.74, 6) is -0.924. The van der Waals surface area contributed by atoms with Crippen molar-refractivity contribution in [2.45, 2.75) is 23.8 Å². The molecular weight excluding hydrogens is 557 g/mol. The van der Waals surface area contributed by atoms with Crippen LogP contribution in [0.4, 0.5) is 30.7 Å². The number of nitrogens with zero attached hydrogens (tertiary/aromatic N) is 5. The third kappa shape index (κ3) is 5.78. The zero-order valence-corrected chi connectivity index (χ0v) is 20.3. The molecule has 2 heterocycles. The summed E-state index contributed by atoms with van der Waals surface area (Å²) in [7, 11) is -3.60. The summed E-state index contributed by atoms with van der Waals surface area (Å²) >= 11 is 0. The van der Waals surface area contributed by atoms with Crippen LogP contribution in [0.15, 0.2) is 59.8 Å². The smallest absolute Gasteiger partial charge is 0.274 e. The quantitative estimate of drug-likeness (QED) is 0.334. The summed E-state index contributed by atoms with van der Waals surface area (Å²) in [5, 5.41) is 16.2. The third-order valence-electron chi connectivity index (χ3n) is 5.44. The fourth-order valence-electron chi connectivity index (χ4n) is 3.59. The Hall–Kier alpha value is -4.23. The lowest BCUT2D eigenvalue weighted by atomic mass is 10.0. The number of aryl methyl sites for hydroxylation is 1. The SMILES string of the molecule is Cn1cc(S(=O)(=O)NCc2ccc(-n3ccc(-c4ccc(C#N)c(C(F)(F)F)c4)n3)cc2F)c(C(F)(F)F)n1. The summed E-state index contributed by atoms with van der Waals surface area (Å²) in [5.41, 5.74) is -3.23. The average molecular weight is 572 g/mol. The van der Waals surface area contributed by atoms with E-state index < -0.39 is 56.5 Å². The van der Waals surface area contributed by atoms with Gasteiger partial charge in [-0.3, -0.25) is 4.68 Å². The first-order valence-corrected chi connectivity index (χ1v) is 12.1. The van der Waals surface area contributed by atoms with Gasteiger partial charge in [0.2, 0.25) is 10.0 Å². The second kappa shape index (κ2) is 9.82. The van der Waals surface area contributed by atoms with Gasteiger partial charge >= 0.3 is 12.4 Å². The van der Waals surface area contributed by atoms with Crippen LogP contribution in [0.5, 0.6) is 0 Å². The van der Waals surface area contributed by atoms with E-state index in [0.29, 0.717) is 10.9 Å². The Kier molecular flexibility index (Phi) is 7.00. The van der Waals surface area contributed by atoms with Crippen molar-refractivity contribution in [3.05, 3.63) is 83.1 Å². The monoisotopic (exact) mass is 572 g/mol. The minimum atomic E-state index is -5.03. The number of benzene rings is 2. The lowest BCUT2D eigenvalue weighted by molar-refractivity contribution is -0.143. The standard InChI is InChI=1S/C23H15F7N6O2S/c1-35-12-20(21(34-35)23(28,29)30)39(37,38)32-11-15-4-5-16(9-18(15)24)36-7-6-19(33-36)13-2-3-14(10-31)17(8-13)22(25,26)27/h2-9,12,32H,11H2,1H3. The van der Waals surface area contributed by atoms with Gasteiger partial charge in [0.25, 0.3) is 0 Å². The van der Waals surface area contributed by atoms with Crippen LogP contribution in [-0.2, 0) is 36.0 Å². The predicted octanol–water partition coefficient (Wildman–Crippen LogP) is 4.80. The molecule has 39 heavy (non-hydrogen) atoms. The molecule has 0 bridgehead atoms. The highest BCUT2D eigenvalue weighted by atomic mass is 32.2. The molecule has 0 aliphatic rings. The van der Waals surface area contributed by atoms with Gasteiger partial charge in [0.05, 0.1) is 28.6 Å². The molecule has 0 unspecified atom stereocenters. The second-order valence-corrected chi connectivity index (χ2v) is 9.86. The Morgan fingerprint density at radius 2 is 1.72 bits per heavy atom. The van der Waals surface area contributed by atoms with E-state index in [9.17, 15) is 39.2 Å². The minimum Gasteiger partial charge on any atom is -0.274 e. The van der Waals surface area contributed by atoms with Crippen LogP contribution >= 0.6 is 0 Å². The van der Waals surface area contributed by atoms with Crippen LogP contribution in [0.1, 0.15) is 22.4 Å². The molecule has 0 spiro atoms. The third-order valence-corrected chi connectivity index (χ3v) is 6.84. The lowest BCUT2D eigenvalue weighted by Gasteiger charge is -2.10. The Morgan fingerprint density at radius 1 is 1.00 bits per heavy atom. The molecule has 2 aromatic heterocycles. The molecule has 16 heteroatoms. The van der Waals surface area contributed by atoms with Crippen molar-refractivity contribution >= 4 is 10.0 Å². The van der Waals surface area contributed by atoms with Crippen LogP contribution in [0.2, 0.25) is 0 Å². The van der Waals surface area contributed by atoms with Crippen molar-refractivity contribution in [2.24, 2.45) is 7.05 Å². The molecule has 8 nitrogen and oxygen atoms in total. The highest BCUT2D eigenvalue weighted by Gasteiger charge is 2.41. The molecule has 4 aromatic rings. The van der Waals surface area contributed by atoms with Crippen LogP contribution in [0.25, 0.3) is 16.9 Å². The number of rotatable bonds is 6. The zero-order chi connectivity index (χ0) is 28.8. The van der Waals surface area contributed by atoms with Gasteiger partial charge in [-0.15, -0.1) is 0 Å². The van der Waals surface area contributed by atoms with E-state index in [1.807, 2.05) is 4.72 Å². The normalized spacial score (nSPS) is 12.5. The van der Waals surface area contributed by atoms with Gasteiger partial charge in [0.1, 0.15) is 10.7 Å². The van der Waals surface area contributed by atoms with Crippen molar-refractivity contribution in [1.82, 2.24) is 24.3 Å². The summed E-state index contributed by atoms with van der Waals surface area (Å²) in [4.78, 5) is -1.12. The van der Waals surface area contributed by atoms with E-state index in [1.54, 1.807) is 0 Å². The van der Waals surface area contributed by atoms with E-state index in [-0.39, 0.29) is 22.5 Å². The van der Waals surface area contributed by atoms with E-state index in [1.165, 1.54) is 36.5 Å². The lowest BCUT2D eigenvalue weighted by Crippen LogP contribution is -2.26. The number of nitriles is 1. The summed E-state index contributed by atoms with van der Waals surface area (Å²) in [6.45, 7) is -0.684. The minimum absolute atomic E-state index is 0.0557. The molecule has 4 rings (SSSR count). The largest absolute Gasteiger partial charge is 0.436 e. The van der Waals surface area contributed by atoms with Crippen molar-refractivity contribution in [3.63, 3.8) is 0 Å². The molecule has 0 saturated heterocycles. The van der Waals surface area contributed by atoms with Crippen LogP contribution in [0.3, 0.4) is 0 Å². The first-order chi connectivity index (χ1) is 18.1. The maximum atomic E-state index is 14.8. The fraction of sp³-hybridized carbons (Fsp3) is 0.174. The molecule has 0 radical (unpaired) electrons. The number of hydrogen-bond acceptors (Lipinski definition) is 5.